The molecule has 1 aliphatic carbocycles. The fraction of sp³-hybridized carbons (Fsp3) is 0.571. The minimum Gasteiger partial charge on any atom is -0.356 e. The first-order valence-corrected chi connectivity index (χ1v) is 13.0. The quantitative estimate of drug-likeness (QED) is 0.668. The van der Waals surface area contributed by atoms with E-state index in [1.54, 1.807) is 0 Å². The fourth-order valence-corrected chi connectivity index (χ4v) is 5.42. The van der Waals surface area contributed by atoms with E-state index in [2.05, 4.69) is 40.1 Å². The van der Waals surface area contributed by atoms with Crippen molar-refractivity contribution in [3.63, 3.8) is 0 Å². The number of anilines is 1. The summed E-state index contributed by atoms with van der Waals surface area (Å²) in [5.74, 6) is 2.24. The fourth-order valence-electron chi connectivity index (χ4n) is 5.42. The van der Waals surface area contributed by atoms with Crippen LogP contribution in [0.4, 0.5) is 5.82 Å². The molecule has 1 aromatic carbocycles. The van der Waals surface area contributed by atoms with Crippen LogP contribution in [0.1, 0.15) is 85.0 Å². The number of hydrogen-bond acceptors (Lipinski definition) is 5. The number of hydrogen-bond donors (Lipinski definition) is 1. The summed E-state index contributed by atoms with van der Waals surface area (Å²) in [7, 11) is 1.92. The van der Waals surface area contributed by atoms with E-state index in [1.807, 2.05) is 44.0 Å². The summed E-state index contributed by atoms with van der Waals surface area (Å²) in [5, 5.41) is 3.21. The molecule has 0 saturated carbocycles. The van der Waals surface area contributed by atoms with E-state index in [1.165, 1.54) is 5.56 Å². The van der Waals surface area contributed by atoms with Crippen LogP contribution in [0.3, 0.4) is 0 Å². The number of aryl methyl sites for hydroxylation is 3. The van der Waals surface area contributed by atoms with Gasteiger partial charge in [-0.25, -0.2) is 9.97 Å². The zero-order chi connectivity index (χ0) is 25.1. The molecule has 1 atom stereocenters. The van der Waals surface area contributed by atoms with E-state index in [9.17, 15) is 9.59 Å². The van der Waals surface area contributed by atoms with Crippen LogP contribution in [-0.4, -0.2) is 52.9 Å². The lowest BCUT2D eigenvalue weighted by Gasteiger charge is -2.37. The lowest BCUT2D eigenvalue weighted by Crippen LogP contribution is -2.46. The molecule has 4 rings (SSSR count). The number of carbonyl (C=O) groups is 2. The van der Waals surface area contributed by atoms with Gasteiger partial charge in [0.25, 0.3) is 5.91 Å². The van der Waals surface area contributed by atoms with Gasteiger partial charge in [0.1, 0.15) is 11.6 Å². The van der Waals surface area contributed by atoms with Gasteiger partial charge in [0.2, 0.25) is 5.91 Å². The zero-order valence-corrected chi connectivity index (χ0v) is 21.8. The predicted molar refractivity (Wildman–Crippen MR) is 139 cm³/mol. The van der Waals surface area contributed by atoms with Gasteiger partial charge in [0.15, 0.2) is 0 Å². The van der Waals surface area contributed by atoms with E-state index in [0.717, 1.165) is 68.1 Å². The van der Waals surface area contributed by atoms with Crippen LogP contribution in [0, 0.1) is 19.8 Å². The van der Waals surface area contributed by atoms with E-state index in [4.69, 9.17) is 0 Å². The van der Waals surface area contributed by atoms with Gasteiger partial charge in [-0.15, -0.1) is 0 Å². The predicted octanol–water partition coefficient (Wildman–Crippen LogP) is 4.37. The van der Waals surface area contributed by atoms with Crippen molar-refractivity contribution in [2.45, 2.75) is 78.3 Å². The number of nitrogens with zero attached hydrogens (tertiary/aromatic N) is 4. The minimum absolute atomic E-state index is 0.00827. The van der Waals surface area contributed by atoms with E-state index in [0.29, 0.717) is 17.9 Å². The van der Waals surface area contributed by atoms with Gasteiger partial charge in [-0.1, -0.05) is 19.9 Å². The topological polar surface area (TPSA) is 78.4 Å². The number of amides is 2. The largest absolute Gasteiger partial charge is 0.356 e. The van der Waals surface area contributed by atoms with Gasteiger partial charge in [0, 0.05) is 49.9 Å². The molecule has 1 N–H and O–H groups in total. The highest BCUT2D eigenvalue weighted by atomic mass is 16.2. The highest BCUT2D eigenvalue weighted by molar-refractivity contribution is 5.94. The Balaban J connectivity index is 1.42. The maximum Gasteiger partial charge on any atom is 0.253 e. The molecule has 0 unspecified atom stereocenters. The van der Waals surface area contributed by atoms with E-state index in [-0.39, 0.29) is 23.9 Å². The van der Waals surface area contributed by atoms with Gasteiger partial charge in [0.05, 0.1) is 6.04 Å². The smallest absolute Gasteiger partial charge is 0.253 e. The van der Waals surface area contributed by atoms with Crippen molar-refractivity contribution in [1.29, 1.82) is 0 Å². The van der Waals surface area contributed by atoms with Crippen LogP contribution in [0.25, 0.3) is 0 Å². The summed E-state index contributed by atoms with van der Waals surface area (Å²) in [6.07, 6.45) is 5.31. The van der Waals surface area contributed by atoms with Gasteiger partial charge in [-0.3, -0.25) is 9.59 Å². The Kier molecular flexibility index (Phi) is 7.72. The molecule has 35 heavy (non-hydrogen) atoms. The maximum absolute atomic E-state index is 13.4. The average molecular weight is 478 g/mol. The van der Waals surface area contributed by atoms with E-state index < -0.39 is 0 Å². The first-order valence-electron chi connectivity index (χ1n) is 13.0. The van der Waals surface area contributed by atoms with Crippen LogP contribution in [0.15, 0.2) is 24.3 Å². The average Bonchev–Trinajstić information content (AvgIpc) is 2.82. The summed E-state index contributed by atoms with van der Waals surface area (Å²) in [6.45, 7) is 9.77. The summed E-state index contributed by atoms with van der Waals surface area (Å²) in [6, 6.07) is 8.28. The molecule has 0 bridgehead atoms. The molecule has 2 heterocycles. The Labute approximate surface area is 209 Å². The first-order chi connectivity index (χ1) is 16.7. The molecule has 188 valence electrons. The highest BCUT2D eigenvalue weighted by Gasteiger charge is 2.28. The second-order valence-corrected chi connectivity index (χ2v) is 10.6. The van der Waals surface area contributed by atoms with Crippen molar-refractivity contribution in [3.8, 4) is 0 Å². The molecular weight excluding hydrogens is 438 g/mol. The van der Waals surface area contributed by atoms with Crippen molar-refractivity contribution in [3.05, 3.63) is 52.5 Å². The monoisotopic (exact) mass is 477 g/mol. The third-order valence-electron chi connectivity index (χ3n) is 7.25. The molecule has 2 aliphatic rings. The molecule has 0 radical (unpaired) electrons. The third-order valence-corrected chi connectivity index (χ3v) is 7.25. The lowest BCUT2D eigenvalue weighted by atomic mass is 9.86. The minimum atomic E-state index is -0.00827. The Morgan fingerprint density at radius 3 is 2.54 bits per heavy atom. The van der Waals surface area contributed by atoms with Crippen LogP contribution in [-0.2, 0) is 11.2 Å². The third kappa shape index (κ3) is 6.00. The molecule has 7 nitrogen and oxygen atoms in total. The van der Waals surface area contributed by atoms with Crippen LogP contribution >= 0.6 is 0 Å². The van der Waals surface area contributed by atoms with Crippen molar-refractivity contribution in [1.82, 2.24) is 20.2 Å². The molecule has 0 spiro atoms. The molecule has 1 aliphatic heterocycles. The van der Waals surface area contributed by atoms with Crippen molar-refractivity contribution in [2.24, 2.45) is 5.92 Å². The maximum atomic E-state index is 13.4. The molecule has 2 aromatic rings. The van der Waals surface area contributed by atoms with Crippen molar-refractivity contribution < 1.29 is 9.59 Å². The summed E-state index contributed by atoms with van der Waals surface area (Å²) in [4.78, 5) is 39.1. The molecular formula is C28H39N5O2. The molecule has 7 heteroatoms. The summed E-state index contributed by atoms with van der Waals surface area (Å²) >= 11 is 0. The summed E-state index contributed by atoms with van der Waals surface area (Å²) in [5.41, 5.74) is 4.04. The SMILES string of the molecule is Cc1cc(N2CCC(N(C)C(=O)c3ccc4c(c3)[C@H](NC(=O)CC(C)C)CCC4)CC2)nc(C)n1. The number of nitrogens with one attached hydrogen (secondary N) is 1. The van der Waals surface area contributed by atoms with Gasteiger partial charge >= 0.3 is 0 Å². The molecule has 2 amide bonds. The number of aromatic nitrogens is 2. The number of rotatable bonds is 6. The van der Waals surface area contributed by atoms with Crippen LogP contribution < -0.4 is 10.2 Å². The number of fused-ring (bicyclic) bond motifs is 1. The van der Waals surface area contributed by atoms with Crippen LogP contribution in [0.5, 0.6) is 0 Å². The molecule has 1 saturated heterocycles. The molecule has 1 aromatic heterocycles. The Hall–Kier alpha value is -2.96. The number of piperidine rings is 1. The standard InChI is InChI=1S/C28H39N5O2/c1-18(2)15-27(34)31-25-8-6-7-21-9-10-22(17-24(21)25)28(35)32(5)23-11-13-33(14-12-23)26-16-19(3)29-20(4)30-26/h9-10,16-18,23,25H,6-8,11-15H2,1-5H3,(H,31,34)/t25-/m1/s1. The lowest BCUT2D eigenvalue weighted by molar-refractivity contribution is -0.122. The van der Waals surface area contributed by atoms with Gasteiger partial charge in [-0.2, -0.15) is 0 Å². The first kappa shape index (κ1) is 25.1. The van der Waals surface area contributed by atoms with Crippen molar-refractivity contribution >= 4 is 17.6 Å². The Morgan fingerprint density at radius 2 is 1.86 bits per heavy atom. The zero-order valence-electron chi connectivity index (χ0n) is 21.8. The number of benzene rings is 1. The second kappa shape index (κ2) is 10.8. The number of carbonyl (C=O) groups excluding carboxylic acids is 2. The second-order valence-electron chi connectivity index (χ2n) is 10.6. The Morgan fingerprint density at radius 1 is 1.11 bits per heavy atom. The van der Waals surface area contributed by atoms with E-state index >= 15 is 0 Å². The molecule has 1 fully saturated rings. The Bertz CT molecular complexity index is 1050. The van der Waals surface area contributed by atoms with Crippen LogP contribution in [0.2, 0.25) is 0 Å². The van der Waals surface area contributed by atoms with Crippen molar-refractivity contribution in [2.75, 3.05) is 25.0 Å². The normalized spacial score (nSPS) is 18.3. The van der Waals surface area contributed by atoms with Gasteiger partial charge < -0.3 is 15.1 Å². The van der Waals surface area contributed by atoms with Gasteiger partial charge in [-0.05, 0) is 75.1 Å². The highest BCUT2D eigenvalue weighted by Crippen LogP contribution is 2.31. The summed E-state index contributed by atoms with van der Waals surface area (Å²) < 4.78 is 0.